The van der Waals surface area contributed by atoms with Crippen LogP contribution in [-0.4, -0.2) is 11.6 Å². The van der Waals surface area contributed by atoms with Crippen molar-refractivity contribution < 1.29 is 9.59 Å². The van der Waals surface area contributed by atoms with Crippen LogP contribution in [0.25, 0.3) is 0 Å². The summed E-state index contributed by atoms with van der Waals surface area (Å²) in [5, 5.41) is 0. The van der Waals surface area contributed by atoms with Crippen LogP contribution < -0.4 is 0 Å². The summed E-state index contributed by atoms with van der Waals surface area (Å²) in [5.74, 6) is 0.255. The highest BCUT2D eigenvalue weighted by atomic mass is 16.1. The van der Waals surface area contributed by atoms with E-state index >= 15 is 0 Å². The van der Waals surface area contributed by atoms with Gasteiger partial charge in [0.25, 0.3) is 0 Å². The fraction of sp³-hybridized carbons (Fsp3) is 0.667. The molecule has 0 aromatic heterocycles. The van der Waals surface area contributed by atoms with Gasteiger partial charge in [-0.05, 0) is 20.3 Å². The lowest BCUT2D eigenvalue weighted by Gasteiger charge is -2.36. The highest BCUT2D eigenvalue weighted by Gasteiger charge is 2.43. The zero-order chi connectivity index (χ0) is 11.0. The van der Waals surface area contributed by atoms with E-state index in [9.17, 15) is 9.59 Å². The van der Waals surface area contributed by atoms with Gasteiger partial charge in [-0.15, -0.1) is 0 Å². The third-order valence-corrected chi connectivity index (χ3v) is 2.86. The molecule has 0 aromatic carbocycles. The molecule has 0 heterocycles. The van der Waals surface area contributed by atoms with Gasteiger partial charge in [0.1, 0.15) is 11.6 Å². The molecule has 78 valence electrons. The highest BCUT2D eigenvalue weighted by molar-refractivity contribution is 5.95. The monoisotopic (exact) mass is 194 g/mol. The average molecular weight is 194 g/mol. The van der Waals surface area contributed by atoms with E-state index in [-0.39, 0.29) is 17.0 Å². The molecule has 0 saturated heterocycles. The predicted octanol–water partition coefficient (Wildman–Crippen LogP) is 2.53. The van der Waals surface area contributed by atoms with Crippen LogP contribution in [0.5, 0.6) is 0 Å². The van der Waals surface area contributed by atoms with Crippen LogP contribution in [0.4, 0.5) is 0 Å². The molecule has 0 bridgehead atoms. The maximum Gasteiger partial charge on any atom is 0.148 e. The van der Waals surface area contributed by atoms with E-state index in [4.69, 9.17) is 0 Å². The second kappa shape index (κ2) is 3.34. The molecule has 1 rings (SSSR count). The molecule has 2 heteroatoms. The largest absolute Gasteiger partial charge is 0.300 e. The Morgan fingerprint density at radius 2 is 2.00 bits per heavy atom. The summed E-state index contributed by atoms with van der Waals surface area (Å²) >= 11 is 0. The molecular weight excluding hydrogens is 176 g/mol. The quantitative estimate of drug-likeness (QED) is 0.633. The summed E-state index contributed by atoms with van der Waals surface area (Å²) < 4.78 is 0. The summed E-state index contributed by atoms with van der Waals surface area (Å²) in [6, 6.07) is 0. The number of allylic oxidation sites excluding steroid dienone is 2. The van der Waals surface area contributed by atoms with E-state index in [1.165, 1.54) is 6.92 Å². The summed E-state index contributed by atoms with van der Waals surface area (Å²) in [6.45, 7) is 7.27. The number of carbonyl (C=O) groups excluding carboxylic acids is 2. The van der Waals surface area contributed by atoms with E-state index in [1.807, 2.05) is 32.9 Å². The molecule has 1 aliphatic rings. The minimum Gasteiger partial charge on any atom is -0.300 e. The van der Waals surface area contributed by atoms with Gasteiger partial charge >= 0.3 is 0 Å². The molecule has 14 heavy (non-hydrogen) atoms. The van der Waals surface area contributed by atoms with Crippen molar-refractivity contribution >= 4 is 11.6 Å². The first-order valence-corrected chi connectivity index (χ1v) is 5.00. The van der Waals surface area contributed by atoms with Crippen LogP contribution in [0.2, 0.25) is 0 Å². The Bertz CT molecular complexity index is 299. The van der Waals surface area contributed by atoms with Gasteiger partial charge in [-0.1, -0.05) is 26.0 Å². The van der Waals surface area contributed by atoms with Crippen molar-refractivity contribution in [2.45, 2.75) is 40.5 Å². The second-order valence-corrected chi connectivity index (χ2v) is 5.12. The molecule has 1 aliphatic carbocycles. The van der Waals surface area contributed by atoms with Crippen LogP contribution in [0.1, 0.15) is 40.5 Å². The molecule has 0 aliphatic heterocycles. The van der Waals surface area contributed by atoms with Gasteiger partial charge in [0.05, 0.1) is 5.41 Å². The molecular formula is C12H18O2. The van der Waals surface area contributed by atoms with Crippen LogP contribution in [0.15, 0.2) is 12.2 Å². The van der Waals surface area contributed by atoms with Crippen molar-refractivity contribution in [1.82, 2.24) is 0 Å². The molecule has 0 aromatic rings. The van der Waals surface area contributed by atoms with Crippen molar-refractivity contribution in [3.8, 4) is 0 Å². The lowest BCUT2D eigenvalue weighted by molar-refractivity contribution is -0.137. The predicted molar refractivity (Wildman–Crippen MR) is 56.0 cm³/mol. The zero-order valence-electron chi connectivity index (χ0n) is 9.39. The van der Waals surface area contributed by atoms with Gasteiger partial charge in [0.15, 0.2) is 0 Å². The lowest BCUT2D eigenvalue weighted by atomic mass is 9.65. The second-order valence-electron chi connectivity index (χ2n) is 5.12. The first-order valence-electron chi connectivity index (χ1n) is 5.00. The maximum atomic E-state index is 12.1. The zero-order valence-corrected chi connectivity index (χ0v) is 9.39. The SMILES string of the molecule is CC(=O)CC1(C)C=CCC(C)(C)C1=O. The number of rotatable bonds is 2. The lowest BCUT2D eigenvalue weighted by Crippen LogP contribution is -2.41. The Hall–Kier alpha value is -0.920. The van der Waals surface area contributed by atoms with Gasteiger partial charge in [-0.25, -0.2) is 0 Å². The van der Waals surface area contributed by atoms with Crippen molar-refractivity contribution in [3.63, 3.8) is 0 Å². The summed E-state index contributed by atoms with van der Waals surface area (Å²) in [7, 11) is 0. The van der Waals surface area contributed by atoms with Crippen LogP contribution in [-0.2, 0) is 9.59 Å². The van der Waals surface area contributed by atoms with Crippen molar-refractivity contribution in [2.24, 2.45) is 10.8 Å². The van der Waals surface area contributed by atoms with Crippen LogP contribution in [0, 0.1) is 10.8 Å². The summed E-state index contributed by atoms with van der Waals surface area (Å²) in [6.07, 6.45) is 5.01. The van der Waals surface area contributed by atoms with E-state index in [0.29, 0.717) is 6.42 Å². The molecule has 1 atom stereocenters. The third-order valence-electron chi connectivity index (χ3n) is 2.86. The van der Waals surface area contributed by atoms with Crippen molar-refractivity contribution in [2.75, 3.05) is 0 Å². The Kier molecular flexibility index (Phi) is 2.66. The fourth-order valence-electron chi connectivity index (χ4n) is 2.21. The normalized spacial score (nSPS) is 30.4. The maximum absolute atomic E-state index is 12.1. The van der Waals surface area contributed by atoms with Gasteiger partial charge in [0, 0.05) is 11.8 Å². The van der Waals surface area contributed by atoms with Gasteiger partial charge in [-0.3, -0.25) is 9.59 Å². The van der Waals surface area contributed by atoms with Crippen LogP contribution in [0.3, 0.4) is 0 Å². The first kappa shape index (κ1) is 11.2. The summed E-state index contributed by atoms with van der Waals surface area (Å²) in [4.78, 5) is 23.2. The van der Waals surface area contributed by atoms with Crippen LogP contribution >= 0.6 is 0 Å². The number of ketones is 2. The number of Topliss-reactive ketones (excluding diaryl/α,β-unsaturated/α-hetero) is 2. The van der Waals surface area contributed by atoms with Gasteiger partial charge in [-0.2, -0.15) is 0 Å². The Morgan fingerprint density at radius 1 is 1.43 bits per heavy atom. The third kappa shape index (κ3) is 1.94. The number of hydrogen-bond donors (Lipinski definition) is 0. The van der Waals surface area contributed by atoms with E-state index in [1.54, 1.807) is 0 Å². The van der Waals surface area contributed by atoms with Gasteiger partial charge in [0.2, 0.25) is 0 Å². The number of hydrogen-bond acceptors (Lipinski definition) is 2. The van der Waals surface area contributed by atoms with E-state index in [2.05, 4.69) is 0 Å². The fourth-order valence-corrected chi connectivity index (χ4v) is 2.21. The Labute approximate surface area is 85.4 Å². The standard InChI is InChI=1S/C12H18O2/c1-9(13)8-12(4)7-5-6-11(2,3)10(12)14/h5,7H,6,8H2,1-4H3. The van der Waals surface area contributed by atoms with E-state index < -0.39 is 5.41 Å². The number of carbonyl (C=O) groups is 2. The smallest absolute Gasteiger partial charge is 0.148 e. The molecule has 1 unspecified atom stereocenters. The molecule has 0 saturated carbocycles. The first-order chi connectivity index (χ1) is 6.28. The molecule has 0 spiro atoms. The Morgan fingerprint density at radius 3 is 2.50 bits per heavy atom. The average Bonchev–Trinajstić information content (AvgIpc) is 1.98. The van der Waals surface area contributed by atoms with Crippen molar-refractivity contribution in [1.29, 1.82) is 0 Å². The molecule has 0 N–H and O–H groups in total. The molecule has 0 amide bonds. The molecule has 0 fully saturated rings. The molecule has 0 radical (unpaired) electrons. The highest BCUT2D eigenvalue weighted by Crippen LogP contribution is 2.40. The van der Waals surface area contributed by atoms with Crippen molar-refractivity contribution in [3.05, 3.63) is 12.2 Å². The topological polar surface area (TPSA) is 34.1 Å². The Balaban J connectivity index is 2.99. The summed E-state index contributed by atoms with van der Waals surface area (Å²) in [5.41, 5.74) is -0.896. The molecule has 2 nitrogen and oxygen atoms in total. The van der Waals surface area contributed by atoms with E-state index in [0.717, 1.165) is 6.42 Å². The minimum atomic E-state index is -0.576. The minimum absolute atomic E-state index is 0.0724. The van der Waals surface area contributed by atoms with Gasteiger partial charge < -0.3 is 0 Å².